The van der Waals surface area contributed by atoms with Crippen LogP contribution in [0.1, 0.15) is 10.5 Å². The number of aromatic nitrogens is 2. The van der Waals surface area contributed by atoms with Gasteiger partial charge in [0.05, 0.1) is 31.2 Å². The number of hydrogen-bond donors (Lipinski definition) is 0. The van der Waals surface area contributed by atoms with Gasteiger partial charge in [0.1, 0.15) is 5.69 Å². The molecule has 6 nitrogen and oxygen atoms in total. The van der Waals surface area contributed by atoms with Gasteiger partial charge < -0.3 is 14.4 Å². The smallest absolute Gasteiger partial charge is 0.272 e. The van der Waals surface area contributed by atoms with Crippen molar-refractivity contribution >= 4 is 5.91 Å². The van der Waals surface area contributed by atoms with E-state index in [9.17, 15) is 4.79 Å². The third-order valence-corrected chi connectivity index (χ3v) is 6.24. The van der Waals surface area contributed by atoms with Crippen LogP contribution in [-0.2, 0) is 9.47 Å². The molecule has 0 radical (unpaired) electrons. The minimum absolute atomic E-state index is 0.00147. The first-order valence-electron chi connectivity index (χ1n) is 10.3. The summed E-state index contributed by atoms with van der Waals surface area (Å²) in [6.45, 7) is 3.26. The number of benzene rings is 2. The summed E-state index contributed by atoms with van der Waals surface area (Å²) in [5.41, 5.74) is 3.12. The molecule has 5 rings (SSSR count). The van der Waals surface area contributed by atoms with Gasteiger partial charge in [0, 0.05) is 37.1 Å². The Bertz CT molecular complexity index is 1030. The summed E-state index contributed by atoms with van der Waals surface area (Å²) in [6, 6.07) is 21.7. The van der Waals surface area contributed by atoms with Crippen LogP contribution >= 0.6 is 0 Å². The Morgan fingerprint density at radius 1 is 1.17 bits per heavy atom. The number of amides is 1. The molecule has 1 aromatic heterocycles. The molecule has 3 aromatic rings. The van der Waals surface area contributed by atoms with Crippen molar-refractivity contribution in [1.82, 2.24) is 14.7 Å². The molecule has 6 heteroatoms. The molecule has 2 atom stereocenters. The number of fused-ring (bicyclic) bond motifs is 1. The van der Waals surface area contributed by atoms with E-state index in [1.807, 2.05) is 71.6 Å². The second kappa shape index (κ2) is 7.70. The van der Waals surface area contributed by atoms with Gasteiger partial charge in [-0.15, -0.1) is 0 Å². The third-order valence-electron chi connectivity index (χ3n) is 6.24. The fraction of sp³-hybridized carbons (Fsp3) is 0.333. The van der Waals surface area contributed by atoms with Crippen molar-refractivity contribution in [3.63, 3.8) is 0 Å². The molecule has 154 valence electrons. The average Bonchev–Trinajstić information content (AvgIpc) is 3.47. The molecule has 0 aliphatic carbocycles. The van der Waals surface area contributed by atoms with Crippen LogP contribution in [0.3, 0.4) is 0 Å². The van der Waals surface area contributed by atoms with Crippen LogP contribution in [0.15, 0.2) is 66.7 Å². The van der Waals surface area contributed by atoms with Crippen LogP contribution in [0.4, 0.5) is 0 Å². The number of rotatable bonds is 5. The van der Waals surface area contributed by atoms with Gasteiger partial charge in [-0.2, -0.15) is 5.10 Å². The van der Waals surface area contributed by atoms with E-state index in [2.05, 4.69) is 0 Å². The molecule has 0 bridgehead atoms. The summed E-state index contributed by atoms with van der Waals surface area (Å²) in [6.07, 6.45) is 0. The maximum absolute atomic E-state index is 13.6. The van der Waals surface area contributed by atoms with Crippen molar-refractivity contribution in [3.8, 4) is 16.9 Å². The van der Waals surface area contributed by atoms with E-state index in [-0.39, 0.29) is 11.3 Å². The van der Waals surface area contributed by atoms with Crippen molar-refractivity contribution in [2.45, 2.75) is 0 Å². The molecule has 2 saturated heterocycles. The van der Waals surface area contributed by atoms with E-state index in [0.29, 0.717) is 44.5 Å². The predicted octanol–water partition coefficient (Wildman–Crippen LogP) is 3.27. The highest BCUT2D eigenvalue weighted by atomic mass is 16.5. The van der Waals surface area contributed by atoms with Gasteiger partial charge in [0.15, 0.2) is 0 Å². The molecule has 1 amide bonds. The van der Waals surface area contributed by atoms with Gasteiger partial charge in [-0.3, -0.25) is 4.79 Å². The Morgan fingerprint density at radius 3 is 2.63 bits per heavy atom. The van der Waals surface area contributed by atoms with Crippen LogP contribution < -0.4 is 0 Å². The molecule has 0 N–H and O–H groups in total. The fourth-order valence-electron chi connectivity index (χ4n) is 4.69. The predicted molar refractivity (Wildman–Crippen MR) is 114 cm³/mol. The zero-order valence-electron chi connectivity index (χ0n) is 17.0. The number of methoxy groups -OCH3 is 1. The van der Waals surface area contributed by atoms with Crippen LogP contribution in [0.25, 0.3) is 16.9 Å². The quantitative estimate of drug-likeness (QED) is 0.656. The van der Waals surface area contributed by atoms with E-state index in [0.717, 1.165) is 16.9 Å². The second-order valence-electron chi connectivity index (χ2n) is 8.22. The lowest BCUT2D eigenvalue weighted by Gasteiger charge is -2.26. The summed E-state index contributed by atoms with van der Waals surface area (Å²) in [4.78, 5) is 15.6. The Hall–Kier alpha value is -2.96. The largest absolute Gasteiger partial charge is 0.384 e. The summed E-state index contributed by atoms with van der Waals surface area (Å²) in [7, 11) is 1.71. The number of carbonyl (C=O) groups excluding carboxylic acids is 1. The highest BCUT2D eigenvalue weighted by Gasteiger charge is 2.52. The number of ether oxygens (including phenoxy) is 2. The number of carbonyl (C=O) groups is 1. The molecular weight excluding hydrogens is 378 g/mol. The van der Waals surface area contributed by atoms with Crippen molar-refractivity contribution in [2.75, 3.05) is 40.0 Å². The van der Waals surface area contributed by atoms with Crippen molar-refractivity contribution in [2.24, 2.45) is 11.3 Å². The summed E-state index contributed by atoms with van der Waals surface area (Å²) < 4.78 is 13.0. The first-order valence-corrected chi connectivity index (χ1v) is 10.3. The van der Waals surface area contributed by atoms with Crippen LogP contribution in [0, 0.1) is 11.3 Å². The first kappa shape index (κ1) is 19.0. The Morgan fingerprint density at radius 2 is 1.90 bits per heavy atom. The molecular formula is C24H25N3O3. The van der Waals surface area contributed by atoms with Crippen molar-refractivity contribution < 1.29 is 14.3 Å². The van der Waals surface area contributed by atoms with Gasteiger partial charge in [0.25, 0.3) is 5.91 Å². The second-order valence-corrected chi connectivity index (χ2v) is 8.22. The number of para-hydroxylation sites is 1. The molecule has 30 heavy (non-hydrogen) atoms. The van der Waals surface area contributed by atoms with Crippen molar-refractivity contribution in [1.29, 1.82) is 0 Å². The molecule has 2 fully saturated rings. The molecule has 0 spiro atoms. The molecule has 2 aliphatic rings. The third kappa shape index (κ3) is 3.22. The van der Waals surface area contributed by atoms with E-state index in [1.165, 1.54) is 0 Å². The first-order chi connectivity index (χ1) is 14.7. The number of hydrogen-bond acceptors (Lipinski definition) is 4. The minimum Gasteiger partial charge on any atom is -0.384 e. The highest BCUT2D eigenvalue weighted by Crippen LogP contribution is 2.42. The minimum atomic E-state index is -0.107. The molecule has 3 heterocycles. The van der Waals surface area contributed by atoms with Gasteiger partial charge in [-0.25, -0.2) is 4.68 Å². The lowest BCUT2D eigenvalue weighted by atomic mass is 9.82. The van der Waals surface area contributed by atoms with E-state index in [1.54, 1.807) is 11.8 Å². The topological polar surface area (TPSA) is 56.6 Å². The fourth-order valence-corrected chi connectivity index (χ4v) is 4.69. The van der Waals surface area contributed by atoms with Crippen LogP contribution in [0.2, 0.25) is 0 Å². The lowest BCUT2D eigenvalue weighted by Crippen LogP contribution is -2.37. The molecule has 2 aromatic carbocycles. The summed E-state index contributed by atoms with van der Waals surface area (Å²) in [5, 5.41) is 4.79. The maximum atomic E-state index is 13.6. The van der Waals surface area contributed by atoms with Crippen LogP contribution in [0.5, 0.6) is 0 Å². The average molecular weight is 403 g/mol. The van der Waals surface area contributed by atoms with Crippen LogP contribution in [-0.4, -0.2) is 60.6 Å². The van der Waals surface area contributed by atoms with Crippen molar-refractivity contribution in [3.05, 3.63) is 72.4 Å². The highest BCUT2D eigenvalue weighted by molar-refractivity contribution is 5.94. The Balaban J connectivity index is 1.52. The SMILES string of the molecule is COC[C@@]12COC[C@@H]1CN(C(=O)c1cc(-c3ccccc3)nn1-c1ccccc1)C2. The molecule has 0 saturated carbocycles. The van der Waals surface area contributed by atoms with E-state index >= 15 is 0 Å². The normalized spacial score (nSPS) is 23.0. The number of nitrogens with zero attached hydrogens (tertiary/aromatic N) is 3. The Labute approximate surface area is 176 Å². The summed E-state index contributed by atoms with van der Waals surface area (Å²) in [5.74, 6) is 0.307. The van der Waals surface area contributed by atoms with Gasteiger partial charge >= 0.3 is 0 Å². The zero-order valence-corrected chi connectivity index (χ0v) is 17.0. The molecule has 0 unspecified atom stereocenters. The standard InChI is InChI=1S/C24H25N3O3/c1-29-16-24-15-26(13-19(24)14-30-17-24)23(28)22-12-21(18-8-4-2-5-9-18)25-27(22)20-10-6-3-7-11-20/h2-12,19H,13-17H2,1H3/t19-,24-/m0/s1. The zero-order chi connectivity index (χ0) is 20.6. The van der Waals surface area contributed by atoms with Gasteiger partial charge in [0.2, 0.25) is 0 Å². The summed E-state index contributed by atoms with van der Waals surface area (Å²) >= 11 is 0. The maximum Gasteiger partial charge on any atom is 0.272 e. The van der Waals surface area contributed by atoms with E-state index in [4.69, 9.17) is 14.6 Å². The Kier molecular flexibility index (Phi) is 4.89. The van der Waals surface area contributed by atoms with E-state index < -0.39 is 0 Å². The number of likely N-dealkylation sites (tertiary alicyclic amines) is 1. The lowest BCUT2D eigenvalue weighted by molar-refractivity contribution is 0.0486. The molecule has 2 aliphatic heterocycles. The van der Waals surface area contributed by atoms with Gasteiger partial charge in [-0.05, 0) is 18.2 Å². The monoisotopic (exact) mass is 403 g/mol. The van der Waals surface area contributed by atoms with Gasteiger partial charge in [-0.1, -0.05) is 48.5 Å².